The van der Waals surface area contributed by atoms with Crippen LogP contribution in [0.25, 0.3) is 0 Å². The van der Waals surface area contributed by atoms with Gasteiger partial charge in [0.05, 0.1) is 6.54 Å². The maximum absolute atomic E-state index is 12.9. The Morgan fingerprint density at radius 2 is 1.89 bits per heavy atom. The summed E-state index contributed by atoms with van der Waals surface area (Å²) >= 11 is 0. The molecule has 1 unspecified atom stereocenters. The molecule has 7 heteroatoms. The molecule has 1 N–H and O–H groups in total. The molecule has 2 fully saturated rings. The molecule has 7 nitrogen and oxygen atoms in total. The van der Waals surface area contributed by atoms with Crippen molar-refractivity contribution in [2.75, 3.05) is 18.4 Å². The van der Waals surface area contributed by atoms with E-state index >= 15 is 0 Å². The van der Waals surface area contributed by atoms with E-state index in [-0.39, 0.29) is 17.7 Å². The second kappa shape index (κ2) is 6.74. The Bertz CT molecular complexity index is 882. The van der Waals surface area contributed by atoms with E-state index in [0.717, 1.165) is 24.4 Å². The monoisotopic (exact) mass is 380 g/mol. The normalized spacial score (nSPS) is 23.3. The van der Waals surface area contributed by atoms with Gasteiger partial charge in [0.15, 0.2) is 6.10 Å². The number of carbonyl (C=O) groups excluding carboxylic acids is 2. The number of anilines is 1. The van der Waals surface area contributed by atoms with Crippen LogP contribution in [0.2, 0.25) is 0 Å². The van der Waals surface area contributed by atoms with Gasteiger partial charge in [0.25, 0.3) is 5.91 Å². The van der Waals surface area contributed by atoms with Crippen LogP contribution in [0.15, 0.2) is 42.7 Å². The number of carbonyl (C=O) groups is 2. The summed E-state index contributed by atoms with van der Waals surface area (Å²) in [5.41, 5.74) is 0.146. The number of hydrogen-bond acceptors (Lipinski definition) is 4. The van der Waals surface area contributed by atoms with Crippen LogP contribution in [0.1, 0.15) is 31.5 Å². The summed E-state index contributed by atoms with van der Waals surface area (Å²) in [6, 6.07) is 9.41. The zero-order valence-corrected chi connectivity index (χ0v) is 15.7. The van der Waals surface area contributed by atoms with Gasteiger partial charge in [-0.25, -0.2) is 4.98 Å². The van der Waals surface area contributed by atoms with Crippen molar-refractivity contribution < 1.29 is 14.3 Å². The van der Waals surface area contributed by atoms with Crippen LogP contribution in [0.5, 0.6) is 0 Å². The lowest BCUT2D eigenvalue weighted by atomic mass is 9.88. The number of amides is 2. The number of benzene rings is 1. The minimum Gasteiger partial charge on any atom is -0.352 e. The van der Waals surface area contributed by atoms with Crippen molar-refractivity contribution in [3.05, 3.63) is 48.5 Å². The zero-order valence-electron chi connectivity index (χ0n) is 15.7. The largest absolute Gasteiger partial charge is 0.352 e. The summed E-state index contributed by atoms with van der Waals surface area (Å²) in [6.07, 6.45) is 6.44. The topological polar surface area (TPSA) is 76.5 Å². The quantitative estimate of drug-likeness (QED) is 0.885. The lowest BCUT2D eigenvalue weighted by Gasteiger charge is -2.45. The molecular formula is C21H24N4O3. The van der Waals surface area contributed by atoms with Crippen LogP contribution in [-0.4, -0.2) is 45.5 Å². The second-order valence-corrected chi connectivity index (χ2v) is 7.96. The lowest BCUT2D eigenvalue weighted by molar-refractivity contribution is -0.172. The Labute approximate surface area is 163 Å². The van der Waals surface area contributed by atoms with E-state index in [1.165, 1.54) is 0 Å². The number of aromatic nitrogens is 2. The third-order valence-corrected chi connectivity index (χ3v) is 6.00. The molecular weight excluding hydrogens is 356 g/mol. The van der Waals surface area contributed by atoms with E-state index in [9.17, 15) is 9.59 Å². The molecule has 28 heavy (non-hydrogen) atoms. The molecule has 3 heterocycles. The number of likely N-dealkylation sites (tertiary alicyclic amines) is 1. The Balaban J connectivity index is 1.34. The molecule has 2 amide bonds. The number of nitrogens with zero attached hydrogens (tertiary/aromatic N) is 3. The molecule has 1 aliphatic carbocycles. The first kappa shape index (κ1) is 17.4. The molecule has 1 aromatic heterocycles. The lowest BCUT2D eigenvalue weighted by Crippen LogP contribution is -2.54. The van der Waals surface area contributed by atoms with Crippen LogP contribution >= 0.6 is 0 Å². The molecule has 1 saturated carbocycles. The Morgan fingerprint density at radius 3 is 2.61 bits per heavy atom. The Morgan fingerprint density at radius 1 is 1.14 bits per heavy atom. The van der Waals surface area contributed by atoms with Gasteiger partial charge >= 0.3 is 0 Å². The Hall–Kier alpha value is -2.67. The molecule has 2 aromatic rings. The average Bonchev–Trinajstić information content (AvgIpc) is 3.46. The molecule has 5 rings (SSSR count). The Kier molecular flexibility index (Phi) is 4.19. The highest BCUT2D eigenvalue weighted by Gasteiger charge is 2.48. The molecule has 1 spiro atoms. The van der Waals surface area contributed by atoms with Crippen LogP contribution < -0.4 is 5.32 Å². The summed E-state index contributed by atoms with van der Waals surface area (Å²) < 4.78 is 8.43. The van der Waals surface area contributed by atoms with Gasteiger partial charge in [0, 0.05) is 49.9 Å². The van der Waals surface area contributed by atoms with E-state index in [1.807, 2.05) is 46.0 Å². The van der Waals surface area contributed by atoms with Crippen molar-refractivity contribution in [1.82, 2.24) is 14.5 Å². The number of hydrogen-bond donors (Lipinski definition) is 1. The zero-order chi connectivity index (χ0) is 19.1. The van der Waals surface area contributed by atoms with E-state index < -0.39 is 11.7 Å². The summed E-state index contributed by atoms with van der Waals surface area (Å²) in [4.78, 5) is 31.7. The van der Waals surface area contributed by atoms with Gasteiger partial charge in [-0.3, -0.25) is 9.59 Å². The number of para-hydroxylation sites is 1. The van der Waals surface area contributed by atoms with Crippen molar-refractivity contribution in [2.45, 2.75) is 43.9 Å². The SMILES string of the molecule is O=C(Nc1ccccc1)C1Cn2ccnc2C2(CCN(C(=O)C3CC3)CC2)O1. The minimum absolute atomic E-state index is 0.151. The van der Waals surface area contributed by atoms with Crippen LogP contribution in [0, 0.1) is 5.92 Å². The minimum atomic E-state index is -0.610. The number of piperidine rings is 1. The van der Waals surface area contributed by atoms with Gasteiger partial charge in [-0.2, -0.15) is 0 Å². The molecule has 2 aliphatic heterocycles. The van der Waals surface area contributed by atoms with Gasteiger partial charge in [0.2, 0.25) is 5.91 Å². The molecule has 1 aromatic carbocycles. The predicted octanol–water partition coefficient (Wildman–Crippen LogP) is 2.15. The van der Waals surface area contributed by atoms with Gasteiger partial charge in [-0.15, -0.1) is 0 Å². The highest BCUT2D eigenvalue weighted by molar-refractivity contribution is 5.94. The average molecular weight is 380 g/mol. The third-order valence-electron chi connectivity index (χ3n) is 6.00. The fourth-order valence-electron chi connectivity index (χ4n) is 4.30. The molecule has 0 radical (unpaired) electrons. The van der Waals surface area contributed by atoms with Gasteiger partial charge in [-0.1, -0.05) is 18.2 Å². The van der Waals surface area contributed by atoms with E-state index in [1.54, 1.807) is 6.20 Å². The first-order valence-corrected chi connectivity index (χ1v) is 9.99. The van der Waals surface area contributed by atoms with E-state index in [2.05, 4.69) is 10.3 Å². The van der Waals surface area contributed by atoms with E-state index in [4.69, 9.17) is 4.74 Å². The second-order valence-electron chi connectivity index (χ2n) is 7.96. The number of imidazole rings is 1. The van der Waals surface area contributed by atoms with Gasteiger partial charge in [-0.05, 0) is 25.0 Å². The van der Waals surface area contributed by atoms with Gasteiger partial charge in [0.1, 0.15) is 11.4 Å². The standard InChI is InChI=1S/C21H24N4O3/c26-18(23-16-4-2-1-3-5-16)17-14-25-13-10-22-20(25)21(28-17)8-11-24(12-9-21)19(27)15-6-7-15/h1-5,10,13,15,17H,6-9,11-12,14H2,(H,23,26). The predicted molar refractivity (Wildman–Crippen MR) is 102 cm³/mol. The molecule has 146 valence electrons. The third kappa shape index (κ3) is 3.09. The number of ether oxygens (including phenoxy) is 1. The fourth-order valence-corrected chi connectivity index (χ4v) is 4.30. The van der Waals surface area contributed by atoms with Crippen LogP contribution in [-0.2, 0) is 26.5 Å². The summed E-state index contributed by atoms with van der Waals surface area (Å²) in [5, 5.41) is 2.94. The number of fused-ring (bicyclic) bond motifs is 2. The highest BCUT2D eigenvalue weighted by atomic mass is 16.5. The number of rotatable bonds is 3. The van der Waals surface area contributed by atoms with Crippen molar-refractivity contribution in [3.8, 4) is 0 Å². The summed E-state index contributed by atoms with van der Waals surface area (Å²) in [5.74, 6) is 1.22. The number of nitrogens with one attached hydrogen (secondary N) is 1. The first-order valence-electron chi connectivity index (χ1n) is 9.99. The summed E-state index contributed by atoms with van der Waals surface area (Å²) in [7, 11) is 0. The summed E-state index contributed by atoms with van der Waals surface area (Å²) in [6.45, 7) is 1.74. The van der Waals surface area contributed by atoms with Crippen molar-refractivity contribution in [3.63, 3.8) is 0 Å². The smallest absolute Gasteiger partial charge is 0.255 e. The van der Waals surface area contributed by atoms with Crippen LogP contribution in [0.4, 0.5) is 5.69 Å². The van der Waals surface area contributed by atoms with Crippen molar-refractivity contribution in [1.29, 1.82) is 0 Å². The fraction of sp³-hybridized carbons (Fsp3) is 0.476. The highest BCUT2D eigenvalue weighted by Crippen LogP contribution is 2.41. The maximum atomic E-state index is 12.9. The molecule has 3 aliphatic rings. The van der Waals surface area contributed by atoms with Gasteiger partial charge < -0.3 is 19.5 Å². The first-order chi connectivity index (χ1) is 13.6. The molecule has 1 saturated heterocycles. The maximum Gasteiger partial charge on any atom is 0.255 e. The molecule has 1 atom stereocenters. The van der Waals surface area contributed by atoms with Crippen molar-refractivity contribution >= 4 is 17.5 Å². The van der Waals surface area contributed by atoms with Crippen LogP contribution in [0.3, 0.4) is 0 Å². The molecule has 0 bridgehead atoms. The van der Waals surface area contributed by atoms with E-state index in [0.29, 0.717) is 32.5 Å². The van der Waals surface area contributed by atoms with Crippen molar-refractivity contribution in [2.24, 2.45) is 5.92 Å².